The molecule has 1 atom stereocenters. The number of unbranched alkanes of at least 4 members (excludes halogenated alkanes) is 1. The molecule has 2 N–H and O–H groups in total. The van der Waals surface area contributed by atoms with E-state index in [0.717, 1.165) is 12.8 Å². The summed E-state index contributed by atoms with van der Waals surface area (Å²) in [5, 5.41) is 0. The summed E-state index contributed by atoms with van der Waals surface area (Å²) in [5.41, 5.74) is 6.80. The van der Waals surface area contributed by atoms with Crippen LogP contribution in [0.5, 0.6) is 5.75 Å². The lowest BCUT2D eigenvalue weighted by molar-refractivity contribution is 0.0428. The molecule has 0 bridgehead atoms. The average Bonchev–Trinajstić information content (AvgIpc) is 2.49. The van der Waals surface area contributed by atoms with Crippen molar-refractivity contribution in [1.82, 2.24) is 0 Å². The van der Waals surface area contributed by atoms with E-state index in [4.69, 9.17) is 15.2 Å². The zero-order valence-corrected chi connectivity index (χ0v) is 13.4. The van der Waals surface area contributed by atoms with Crippen LogP contribution in [0.1, 0.15) is 56.8 Å². The van der Waals surface area contributed by atoms with Gasteiger partial charge in [-0.05, 0) is 37.5 Å². The lowest BCUT2D eigenvalue weighted by Crippen LogP contribution is -2.14. The number of hydrogen-bond acceptors (Lipinski definition) is 4. The Kier molecular flexibility index (Phi) is 7.65. The van der Waals surface area contributed by atoms with Gasteiger partial charge in [-0.3, -0.25) is 0 Å². The Bertz CT molecular complexity index is 446. The molecule has 0 radical (unpaired) electrons. The first kappa shape index (κ1) is 17.3. The van der Waals surface area contributed by atoms with Crippen LogP contribution in [0.2, 0.25) is 0 Å². The van der Waals surface area contributed by atoms with Gasteiger partial charge >= 0.3 is 5.97 Å². The maximum absolute atomic E-state index is 12.0. The minimum Gasteiger partial charge on any atom is -0.492 e. The summed E-state index contributed by atoms with van der Waals surface area (Å²) < 4.78 is 10.8. The largest absolute Gasteiger partial charge is 0.492 e. The number of rotatable bonds is 9. The highest BCUT2D eigenvalue weighted by Gasteiger charge is 2.13. The van der Waals surface area contributed by atoms with E-state index < -0.39 is 0 Å². The zero-order valence-electron chi connectivity index (χ0n) is 13.4. The highest BCUT2D eigenvalue weighted by Crippen LogP contribution is 2.23. The Balaban J connectivity index is 2.57. The molecular weight excluding hydrogens is 266 g/mol. The molecular formula is C17H27NO3. The van der Waals surface area contributed by atoms with Gasteiger partial charge in [-0.2, -0.15) is 0 Å². The minimum absolute atomic E-state index is 0.320. The van der Waals surface area contributed by atoms with Crippen LogP contribution in [0.4, 0.5) is 5.69 Å². The summed E-state index contributed by atoms with van der Waals surface area (Å²) in [6.45, 7) is 7.21. The molecule has 0 aromatic heterocycles. The van der Waals surface area contributed by atoms with E-state index in [1.165, 1.54) is 12.8 Å². The average molecular weight is 293 g/mol. The first-order valence-corrected chi connectivity index (χ1v) is 7.81. The standard InChI is InChI=1S/C17H27NO3/c1-4-7-8-13(5-2)12-21-17(19)14-9-10-16(20-6-3)15(18)11-14/h9-11,13H,4-8,12,18H2,1-3H3. The Hall–Kier alpha value is -1.71. The summed E-state index contributed by atoms with van der Waals surface area (Å²) in [6.07, 6.45) is 4.47. The van der Waals surface area contributed by atoms with Gasteiger partial charge in [0.1, 0.15) is 5.75 Å². The number of carbonyl (C=O) groups excluding carboxylic acids is 1. The van der Waals surface area contributed by atoms with Crippen LogP contribution >= 0.6 is 0 Å². The minimum atomic E-state index is -0.320. The number of esters is 1. The summed E-state index contributed by atoms with van der Waals surface area (Å²) >= 11 is 0. The number of anilines is 1. The second kappa shape index (κ2) is 9.27. The van der Waals surface area contributed by atoms with Crippen LogP contribution in [0.15, 0.2) is 18.2 Å². The lowest BCUT2D eigenvalue weighted by Gasteiger charge is -2.15. The molecule has 0 heterocycles. The Morgan fingerprint density at radius 3 is 2.62 bits per heavy atom. The summed E-state index contributed by atoms with van der Waals surface area (Å²) in [6, 6.07) is 5.01. The van der Waals surface area contributed by atoms with Crippen molar-refractivity contribution in [1.29, 1.82) is 0 Å². The smallest absolute Gasteiger partial charge is 0.338 e. The predicted molar refractivity (Wildman–Crippen MR) is 85.6 cm³/mol. The van der Waals surface area contributed by atoms with E-state index >= 15 is 0 Å². The maximum atomic E-state index is 12.0. The van der Waals surface area contributed by atoms with Gasteiger partial charge in [-0.1, -0.05) is 33.1 Å². The van der Waals surface area contributed by atoms with Gasteiger partial charge in [0.2, 0.25) is 0 Å². The molecule has 0 aliphatic carbocycles. The third kappa shape index (κ3) is 5.66. The molecule has 118 valence electrons. The highest BCUT2D eigenvalue weighted by molar-refractivity contribution is 5.91. The molecule has 0 amide bonds. The first-order valence-electron chi connectivity index (χ1n) is 7.81. The number of nitrogen functional groups attached to an aromatic ring is 1. The van der Waals surface area contributed by atoms with E-state index in [9.17, 15) is 4.79 Å². The van der Waals surface area contributed by atoms with Crippen molar-refractivity contribution in [2.75, 3.05) is 18.9 Å². The Morgan fingerprint density at radius 1 is 1.29 bits per heavy atom. The van der Waals surface area contributed by atoms with E-state index in [-0.39, 0.29) is 5.97 Å². The fraction of sp³-hybridized carbons (Fsp3) is 0.588. The van der Waals surface area contributed by atoms with Crippen molar-refractivity contribution in [2.45, 2.75) is 46.5 Å². The van der Waals surface area contributed by atoms with Crippen molar-refractivity contribution in [3.63, 3.8) is 0 Å². The molecule has 1 rings (SSSR count). The first-order chi connectivity index (χ1) is 10.1. The quantitative estimate of drug-likeness (QED) is 0.551. The fourth-order valence-electron chi connectivity index (χ4n) is 2.14. The second-order valence-electron chi connectivity index (χ2n) is 5.20. The van der Waals surface area contributed by atoms with Crippen LogP contribution in [0.25, 0.3) is 0 Å². The van der Waals surface area contributed by atoms with Gasteiger partial charge in [0, 0.05) is 0 Å². The highest BCUT2D eigenvalue weighted by atomic mass is 16.5. The van der Waals surface area contributed by atoms with E-state index in [2.05, 4.69) is 13.8 Å². The molecule has 4 nitrogen and oxygen atoms in total. The van der Waals surface area contributed by atoms with Gasteiger partial charge in [0.25, 0.3) is 0 Å². The number of ether oxygens (including phenoxy) is 2. The molecule has 0 spiro atoms. The molecule has 0 saturated carbocycles. The summed E-state index contributed by atoms with van der Waals surface area (Å²) in [4.78, 5) is 12.0. The van der Waals surface area contributed by atoms with E-state index in [0.29, 0.717) is 36.1 Å². The predicted octanol–water partition coefficient (Wildman–Crippen LogP) is 4.04. The molecule has 21 heavy (non-hydrogen) atoms. The van der Waals surface area contributed by atoms with E-state index in [1.54, 1.807) is 18.2 Å². The SMILES string of the molecule is CCCCC(CC)COC(=O)c1ccc(OCC)c(N)c1. The van der Waals surface area contributed by atoms with Crippen molar-refractivity contribution in [3.05, 3.63) is 23.8 Å². The topological polar surface area (TPSA) is 61.5 Å². The van der Waals surface area contributed by atoms with Crippen LogP contribution in [-0.4, -0.2) is 19.2 Å². The molecule has 0 fully saturated rings. The molecule has 1 aromatic rings. The van der Waals surface area contributed by atoms with Gasteiger partial charge < -0.3 is 15.2 Å². The molecule has 1 unspecified atom stereocenters. The number of nitrogens with two attached hydrogens (primary N) is 1. The number of hydrogen-bond donors (Lipinski definition) is 1. The van der Waals surface area contributed by atoms with Crippen molar-refractivity contribution in [2.24, 2.45) is 5.92 Å². The monoisotopic (exact) mass is 293 g/mol. The van der Waals surface area contributed by atoms with Gasteiger partial charge in [-0.25, -0.2) is 4.79 Å². The summed E-state index contributed by atoms with van der Waals surface area (Å²) in [5.74, 6) is 0.720. The zero-order chi connectivity index (χ0) is 15.7. The van der Waals surface area contributed by atoms with Gasteiger partial charge in [0.15, 0.2) is 0 Å². The van der Waals surface area contributed by atoms with Crippen LogP contribution in [0.3, 0.4) is 0 Å². The van der Waals surface area contributed by atoms with Crippen molar-refractivity contribution < 1.29 is 14.3 Å². The lowest BCUT2D eigenvalue weighted by atomic mass is 10.0. The van der Waals surface area contributed by atoms with Crippen LogP contribution < -0.4 is 10.5 Å². The van der Waals surface area contributed by atoms with Crippen LogP contribution in [0, 0.1) is 5.92 Å². The summed E-state index contributed by atoms with van der Waals surface area (Å²) in [7, 11) is 0. The maximum Gasteiger partial charge on any atom is 0.338 e. The Morgan fingerprint density at radius 2 is 2.05 bits per heavy atom. The second-order valence-corrected chi connectivity index (χ2v) is 5.20. The van der Waals surface area contributed by atoms with Gasteiger partial charge in [-0.15, -0.1) is 0 Å². The van der Waals surface area contributed by atoms with E-state index in [1.807, 2.05) is 6.92 Å². The van der Waals surface area contributed by atoms with Gasteiger partial charge in [0.05, 0.1) is 24.5 Å². The normalized spacial score (nSPS) is 12.0. The van der Waals surface area contributed by atoms with Crippen molar-refractivity contribution >= 4 is 11.7 Å². The third-order valence-corrected chi connectivity index (χ3v) is 3.54. The molecule has 0 saturated heterocycles. The van der Waals surface area contributed by atoms with Crippen molar-refractivity contribution in [3.8, 4) is 5.75 Å². The molecule has 1 aromatic carbocycles. The Labute approximate surface area is 127 Å². The third-order valence-electron chi connectivity index (χ3n) is 3.54. The molecule has 0 aliphatic heterocycles. The number of carbonyl (C=O) groups is 1. The molecule has 0 aliphatic rings. The fourth-order valence-corrected chi connectivity index (χ4v) is 2.14. The number of benzene rings is 1. The van der Waals surface area contributed by atoms with Crippen LogP contribution in [-0.2, 0) is 4.74 Å². The molecule has 4 heteroatoms.